The van der Waals surface area contributed by atoms with Crippen LogP contribution in [0.2, 0.25) is 0 Å². The predicted molar refractivity (Wildman–Crippen MR) is 99.7 cm³/mol. The SMILES string of the molecule is COc1ccccc1-c1nc(NC(=O)Cc2ccccc2)ccc1C. The number of nitrogens with zero attached hydrogens (tertiary/aromatic N) is 1. The van der Waals surface area contributed by atoms with Crippen LogP contribution >= 0.6 is 0 Å². The van der Waals surface area contributed by atoms with Gasteiger partial charge in [-0.15, -0.1) is 0 Å². The van der Waals surface area contributed by atoms with E-state index in [1.54, 1.807) is 7.11 Å². The third-order valence-corrected chi connectivity index (χ3v) is 3.93. The van der Waals surface area contributed by atoms with Gasteiger partial charge >= 0.3 is 0 Å². The summed E-state index contributed by atoms with van der Waals surface area (Å²) in [6, 6.07) is 21.1. The van der Waals surface area contributed by atoms with Crippen LogP contribution in [0.1, 0.15) is 11.1 Å². The quantitative estimate of drug-likeness (QED) is 0.760. The summed E-state index contributed by atoms with van der Waals surface area (Å²) in [6.45, 7) is 1.99. The van der Waals surface area contributed by atoms with E-state index in [4.69, 9.17) is 4.74 Å². The first-order valence-electron chi connectivity index (χ1n) is 8.12. The standard InChI is InChI=1S/C21H20N2O2/c1-15-12-13-19(22-20(24)14-16-8-4-3-5-9-16)23-21(15)17-10-6-7-11-18(17)25-2/h3-13H,14H2,1-2H3,(H,22,23,24). The van der Waals surface area contributed by atoms with E-state index in [-0.39, 0.29) is 5.91 Å². The largest absolute Gasteiger partial charge is 0.496 e. The van der Waals surface area contributed by atoms with Gasteiger partial charge in [-0.3, -0.25) is 4.79 Å². The summed E-state index contributed by atoms with van der Waals surface area (Å²) in [5.41, 5.74) is 3.69. The molecule has 0 bridgehead atoms. The van der Waals surface area contributed by atoms with Crippen LogP contribution in [0.4, 0.5) is 5.82 Å². The predicted octanol–water partition coefficient (Wildman–Crippen LogP) is 4.25. The van der Waals surface area contributed by atoms with Crippen LogP contribution in [-0.2, 0) is 11.2 Å². The fourth-order valence-electron chi connectivity index (χ4n) is 2.68. The summed E-state index contributed by atoms with van der Waals surface area (Å²) in [6.07, 6.45) is 0.320. The maximum Gasteiger partial charge on any atom is 0.229 e. The van der Waals surface area contributed by atoms with E-state index < -0.39 is 0 Å². The Kier molecular flexibility index (Phi) is 5.09. The molecule has 0 aliphatic heterocycles. The molecule has 3 aromatic rings. The zero-order chi connectivity index (χ0) is 17.6. The molecule has 0 radical (unpaired) electrons. The van der Waals surface area contributed by atoms with Gasteiger partial charge < -0.3 is 10.1 Å². The van der Waals surface area contributed by atoms with E-state index in [1.807, 2.05) is 73.7 Å². The van der Waals surface area contributed by atoms with E-state index in [1.165, 1.54) is 0 Å². The molecule has 0 fully saturated rings. The van der Waals surface area contributed by atoms with Gasteiger partial charge in [0.2, 0.25) is 5.91 Å². The van der Waals surface area contributed by atoms with Crippen molar-refractivity contribution in [3.8, 4) is 17.0 Å². The Labute approximate surface area is 147 Å². The van der Waals surface area contributed by atoms with Gasteiger partial charge in [0.15, 0.2) is 0 Å². The number of anilines is 1. The maximum atomic E-state index is 12.3. The van der Waals surface area contributed by atoms with Crippen molar-refractivity contribution in [1.29, 1.82) is 0 Å². The van der Waals surface area contributed by atoms with Crippen LogP contribution in [0.25, 0.3) is 11.3 Å². The lowest BCUT2D eigenvalue weighted by atomic mass is 10.1. The first-order valence-corrected chi connectivity index (χ1v) is 8.12. The molecular weight excluding hydrogens is 312 g/mol. The van der Waals surface area contributed by atoms with E-state index in [0.717, 1.165) is 28.1 Å². The van der Waals surface area contributed by atoms with Gasteiger partial charge in [0.1, 0.15) is 11.6 Å². The topological polar surface area (TPSA) is 51.2 Å². The van der Waals surface area contributed by atoms with Gasteiger partial charge in [0.25, 0.3) is 0 Å². The third kappa shape index (κ3) is 4.04. The Morgan fingerprint density at radius 2 is 1.72 bits per heavy atom. The molecule has 126 valence electrons. The molecule has 0 unspecified atom stereocenters. The third-order valence-electron chi connectivity index (χ3n) is 3.93. The second-order valence-electron chi connectivity index (χ2n) is 5.77. The smallest absolute Gasteiger partial charge is 0.229 e. The summed E-state index contributed by atoms with van der Waals surface area (Å²) >= 11 is 0. The van der Waals surface area contributed by atoms with Crippen molar-refractivity contribution < 1.29 is 9.53 Å². The van der Waals surface area contributed by atoms with Crippen molar-refractivity contribution >= 4 is 11.7 Å². The van der Waals surface area contributed by atoms with Gasteiger partial charge in [0, 0.05) is 5.56 Å². The molecule has 1 amide bonds. The molecule has 0 aliphatic rings. The van der Waals surface area contributed by atoms with Gasteiger partial charge in [-0.25, -0.2) is 4.98 Å². The van der Waals surface area contributed by atoms with Gasteiger partial charge in [0.05, 0.1) is 19.2 Å². The molecular formula is C21H20N2O2. The van der Waals surface area contributed by atoms with Crippen LogP contribution in [0.15, 0.2) is 66.7 Å². The van der Waals surface area contributed by atoms with E-state index >= 15 is 0 Å². The zero-order valence-corrected chi connectivity index (χ0v) is 14.3. The lowest BCUT2D eigenvalue weighted by Gasteiger charge is -2.12. The highest BCUT2D eigenvalue weighted by Gasteiger charge is 2.12. The van der Waals surface area contributed by atoms with Crippen LogP contribution in [0.3, 0.4) is 0 Å². The molecule has 0 atom stereocenters. The number of ether oxygens (including phenoxy) is 1. The Morgan fingerprint density at radius 3 is 2.48 bits per heavy atom. The number of nitrogens with one attached hydrogen (secondary N) is 1. The lowest BCUT2D eigenvalue weighted by molar-refractivity contribution is -0.115. The molecule has 4 heteroatoms. The first kappa shape index (κ1) is 16.7. The van der Waals surface area contributed by atoms with Crippen LogP contribution < -0.4 is 10.1 Å². The molecule has 1 N–H and O–H groups in total. The monoisotopic (exact) mass is 332 g/mol. The van der Waals surface area contributed by atoms with Crippen molar-refractivity contribution in [1.82, 2.24) is 4.98 Å². The molecule has 3 rings (SSSR count). The van der Waals surface area contributed by atoms with Crippen molar-refractivity contribution in [3.05, 3.63) is 77.9 Å². The maximum absolute atomic E-state index is 12.3. The zero-order valence-electron chi connectivity index (χ0n) is 14.3. The second kappa shape index (κ2) is 7.62. The minimum atomic E-state index is -0.0893. The number of benzene rings is 2. The van der Waals surface area contributed by atoms with Gasteiger partial charge in [-0.1, -0.05) is 48.5 Å². The Morgan fingerprint density at radius 1 is 1.00 bits per heavy atom. The average Bonchev–Trinajstić information content (AvgIpc) is 2.64. The molecule has 1 heterocycles. The molecule has 1 aromatic heterocycles. The average molecular weight is 332 g/mol. The minimum absolute atomic E-state index is 0.0893. The van der Waals surface area contributed by atoms with Gasteiger partial charge in [-0.05, 0) is 36.2 Å². The number of amides is 1. The number of rotatable bonds is 5. The summed E-state index contributed by atoms with van der Waals surface area (Å²) in [5, 5.41) is 2.87. The minimum Gasteiger partial charge on any atom is -0.496 e. The first-order chi connectivity index (χ1) is 12.2. The Bertz CT molecular complexity index is 876. The van der Waals surface area contributed by atoms with Gasteiger partial charge in [-0.2, -0.15) is 0 Å². The molecule has 0 spiro atoms. The molecule has 4 nitrogen and oxygen atoms in total. The lowest BCUT2D eigenvalue weighted by Crippen LogP contribution is -2.15. The summed E-state index contributed by atoms with van der Waals surface area (Å²) in [7, 11) is 1.64. The van der Waals surface area contributed by atoms with E-state index in [9.17, 15) is 4.79 Å². The molecule has 0 aliphatic carbocycles. The van der Waals surface area contributed by atoms with E-state index in [0.29, 0.717) is 12.2 Å². The highest BCUT2D eigenvalue weighted by Crippen LogP contribution is 2.31. The van der Waals surface area contributed by atoms with E-state index in [2.05, 4.69) is 10.3 Å². The number of para-hydroxylation sites is 1. The number of aromatic nitrogens is 1. The van der Waals surface area contributed by atoms with Crippen molar-refractivity contribution in [2.45, 2.75) is 13.3 Å². The number of hydrogen-bond acceptors (Lipinski definition) is 3. The molecule has 0 saturated carbocycles. The Hall–Kier alpha value is -3.14. The summed E-state index contributed by atoms with van der Waals surface area (Å²) in [4.78, 5) is 16.9. The molecule has 2 aromatic carbocycles. The number of carbonyl (C=O) groups is 1. The highest BCUT2D eigenvalue weighted by molar-refractivity contribution is 5.91. The molecule has 25 heavy (non-hydrogen) atoms. The number of hydrogen-bond donors (Lipinski definition) is 1. The van der Waals surface area contributed by atoms with Crippen LogP contribution in [0.5, 0.6) is 5.75 Å². The molecule has 0 saturated heterocycles. The summed E-state index contributed by atoms with van der Waals surface area (Å²) < 4.78 is 5.43. The van der Waals surface area contributed by atoms with Crippen molar-refractivity contribution in [3.63, 3.8) is 0 Å². The highest BCUT2D eigenvalue weighted by atomic mass is 16.5. The fraction of sp³-hybridized carbons (Fsp3) is 0.143. The van der Waals surface area contributed by atoms with Crippen LogP contribution in [0, 0.1) is 6.92 Å². The van der Waals surface area contributed by atoms with Crippen LogP contribution in [-0.4, -0.2) is 18.0 Å². The number of aryl methyl sites for hydroxylation is 1. The number of methoxy groups -OCH3 is 1. The fourth-order valence-corrected chi connectivity index (χ4v) is 2.68. The van der Waals surface area contributed by atoms with Crippen molar-refractivity contribution in [2.75, 3.05) is 12.4 Å². The van der Waals surface area contributed by atoms with Crippen molar-refractivity contribution in [2.24, 2.45) is 0 Å². The second-order valence-corrected chi connectivity index (χ2v) is 5.77. The summed E-state index contributed by atoms with van der Waals surface area (Å²) in [5.74, 6) is 1.20. The Balaban J connectivity index is 1.83. The number of carbonyl (C=O) groups excluding carboxylic acids is 1. The number of pyridine rings is 1. The normalized spacial score (nSPS) is 10.3.